The molecular formula is C20H25BrN4O5S. The van der Waals surface area contributed by atoms with Crippen LogP contribution in [0.4, 0.5) is 10.5 Å². The summed E-state index contributed by atoms with van der Waals surface area (Å²) >= 11 is 3.29. The molecule has 31 heavy (non-hydrogen) atoms. The highest BCUT2D eigenvalue weighted by molar-refractivity contribution is 9.10. The Morgan fingerprint density at radius 3 is 2.55 bits per heavy atom. The van der Waals surface area contributed by atoms with E-state index in [-0.39, 0.29) is 16.5 Å². The van der Waals surface area contributed by atoms with Gasteiger partial charge in [0.1, 0.15) is 12.1 Å². The first-order valence-corrected chi connectivity index (χ1v) is 12.6. The van der Waals surface area contributed by atoms with Crippen LogP contribution in [0.5, 0.6) is 0 Å². The Morgan fingerprint density at radius 1 is 1.23 bits per heavy atom. The molecule has 168 valence electrons. The largest absolute Gasteiger partial charge is 0.325 e. The van der Waals surface area contributed by atoms with Gasteiger partial charge in [-0.15, -0.1) is 0 Å². The topological polar surface area (TPSA) is 116 Å². The monoisotopic (exact) mass is 512 g/mol. The van der Waals surface area contributed by atoms with Gasteiger partial charge >= 0.3 is 6.03 Å². The number of rotatable bonds is 6. The summed E-state index contributed by atoms with van der Waals surface area (Å²) in [7, 11) is -3.70. The molecule has 1 saturated carbocycles. The maximum atomic E-state index is 13.0. The Hall–Kier alpha value is -1.98. The lowest BCUT2D eigenvalue weighted by Gasteiger charge is -2.26. The molecule has 1 atom stereocenters. The molecule has 2 heterocycles. The van der Waals surface area contributed by atoms with Gasteiger partial charge in [-0.2, -0.15) is 4.31 Å². The van der Waals surface area contributed by atoms with Crippen LogP contribution in [0.3, 0.4) is 0 Å². The molecule has 1 unspecified atom stereocenters. The van der Waals surface area contributed by atoms with Gasteiger partial charge in [-0.25, -0.2) is 13.2 Å². The maximum absolute atomic E-state index is 13.0. The molecule has 1 aromatic carbocycles. The molecule has 0 radical (unpaired) electrons. The lowest BCUT2D eigenvalue weighted by atomic mass is 9.96. The lowest BCUT2D eigenvalue weighted by molar-refractivity contribution is -0.134. The SMILES string of the molecule is CC1(C2CC2)NC(=O)N(CC(=O)Nc2ccc(Br)c(S(=O)(=O)N3CCCCC3)c2)C1=O. The number of nitrogens with one attached hydrogen (secondary N) is 2. The minimum absolute atomic E-state index is 0.0727. The van der Waals surface area contributed by atoms with E-state index in [1.807, 2.05) is 0 Å². The number of amides is 4. The van der Waals surface area contributed by atoms with Gasteiger partial charge in [0.15, 0.2) is 0 Å². The highest BCUT2D eigenvalue weighted by Gasteiger charge is 2.56. The lowest BCUT2D eigenvalue weighted by Crippen LogP contribution is -2.46. The van der Waals surface area contributed by atoms with Gasteiger partial charge in [0.25, 0.3) is 5.91 Å². The van der Waals surface area contributed by atoms with Crippen molar-refractivity contribution in [2.75, 3.05) is 25.0 Å². The number of halogens is 1. The number of benzene rings is 1. The molecule has 1 aliphatic carbocycles. The van der Waals surface area contributed by atoms with Crippen molar-refractivity contribution in [1.29, 1.82) is 0 Å². The summed E-state index contributed by atoms with van der Waals surface area (Å²) in [5.41, 5.74) is -0.675. The van der Waals surface area contributed by atoms with E-state index in [4.69, 9.17) is 0 Å². The Kier molecular flexibility index (Phi) is 5.86. The molecule has 0 bridgehead atoms. The Bertz CT molecular complexity index is 1040. The van der Waals surface area contributed by atoms with Crippen LogP contribution in [-0.2, 0) is 19.6 Å². The highest BCUT2D eigenvalue weighted by Crippen LogP contribution is 2.42. The second kappa shape index (κ2) is 8.18. The van der Waals surface area contributed by atoms with E-state index in [9.17, 15) is 22.8 Å². The van der Waals surface area contributed by atoms with Crippen LogP contribution in [0.25, 0.3) is 0 Å². The van der Waals surface area contributed by atoms with Gasteiger partial charge in [0.05, 0.1) is 4.90 Å². The first-order chi connectivity index (χ1) is 14.6. The molecule has 3 fully saturated rings. The summed E-state index contributed by atoms with van der Waals surface area (Å²) in [5.74, 6) is -0.877. The standard InChI is InChI=1S/C20H25BrN4O5S/c1-20(13-5-6-13)18(27)25(19(28)23-20)12-17(26)22-14-7-8-15(21)16(11-14)31(29,30)24-9-3-2-4-10-24/h7-8,11,13H,2-6,9-10,12H2,1H3,(H,22,26)(H,23,28). The van der Waals surface area contributed by atoms with Crippen LogP contribution < -0.4 is 10.6 Å². The number of imide groups is 1. The minimum Gasteiger partial charge on any atom is -0.324 e. The Balaban J connectivity index is 1.47. The molecule has 2 N–H and O–H groups in total. The summed E-state index contributed by atoms with van der Waals surface area (Å²) in [5, 5.41) is 5.31. The van der Waals surface area contributed by atoms with Gasteiger partial charge in [-0.1, -0.05) is 6.42 Å². The van der Waals surface area contributed by atoms with Gasteiger partial charge < -0.3 is 10.6 Å². The van der Waals surface area contributed by atoms with Crippen molar-refractivity contribution in [3.05, 3.63) is 22.7 Å². The number of hydrogen-bond acceptors (Lipinski definition) is 5. The van der Waals surface area contributed by atoms with E-state index in [2.05, 4.69) is 26.6 Å². The first kappa shape index (κ1) is 22.2. The smallest absolute Gasteiger partial charge is 0.324 e. The number of anilines is 1. The van der Waals surface area contributed by atoms with Crippen molar-refractivity contribution < 1.29 is 22.8 Å². The Labute approximate surface area is 189 Å². The minimum atomic E-state index is -3.70. The average Bonchev–Trinajstić information content (AvgIpc) is 3.56. The number of urea groups is 1. The number of sulfonamides is 1. The van der Waals surface area contributed by atoms with Crippen molar-refractivity contribution in [3.63, 3.8) is 0 Å². The van der Waals surface area contributed by atoms with E-state index in [1.165, 1.54) is 10.4 Å². The third-order valence-electron chi connectivity index (χ3n) is 6.14. The molecular weight excluding hydrogens is 488 g/mol. The zero-order valence-corrected chi connectivity index (χ0v) is 19.6. The molecule has 1 aromatic rings. The van der Waals surface area contributed by atoms with Gasteiger partial charge in [-0.05, 0) is 72.7 Å². The van der Waals surface area contributed by atoms with Crippen molar-refractivity contribution in [3.8, 4) is 0 Å². The third-order valence-corrected chi connectivity index (χ3v) is 9.04. The molecule has 2 saturated heterocycles. The number of carbonyl (C=O) groups excluding carboxylic acids is 3. The molecule has 4 amide bonds. The average molecular weight is 513 g/mol. The van der Waals surface area contributed by atoms with E-state index in [0.717, 1.165) is 37.0 Å². The first-order valence-electron chi connectivity index (χ1n) is 10.4. The van der Waals surface area contributed by atoms with Crippen molar-refractivity contribution >= 4 is 49.5 Å². The molecule has 0 spiro atoms. The quantitative estimate of drug-likeness (QED) is 0.567. The molecule has 2 aliphatic heterocycles. The summed E-state index contributed by atoms with van der Waals surface area (Å²) in [6.07, 6.45) is 4.38. The molecule has 11 heteroatoms. The number of nitrogens with zero attached hydrogens (tertiary/aromatic N) is 2. The van der Waals surface area contributed by atoms with Gasteiger partial charge in [-0.3, -0.25) is 14.5 Å². The number of piperidine rings is 1. The Morgan fingerprint density at radius 2 is 1.90 bits per heavy atom. The second-order valence-corrected chi connectivity index (χ2v) is 11.2. The zero-order valence-electron chi connectivity index (χ0n) is 17.2. The molecule has 9 nitrogen and oxygen atoms in total. The van der Waals surface area contributed by atoms with Crippen molar-refractivity contribution in [1.82, 2.24) is 14.5 Å². The van der Waals surface area contributed by atoms with Gasteiger partial charge in [0.2, 0.25) is 15.9 Å². The van der Waals surface area contributed by atoms with E-state index >= 15 is 0 Å². The number of carbonyl (C=O) groups is 3. The van der Waals surface area contributed by atoms with E-state index in [1.54, 1.807) is 19.1 Å². The van der Waals surface area contributed by atoms with Gasteiger partial charge in [0, 0.05) is 23.2 Å². The molecule has 3 aliphatic rings. The predicted octanol–water partition coefficient (Wildman–Crippen LogP) is 2.28. The van der Waals surface area contributed by atoms with Crippen LogP contribution in [-0.4, -0.2) is 60.6 Å². The van der Waals surface area contributed by atoms with Crippen LogP contribution in [0.15, 0.2) is 27.6 Å². The van der Waals surface area contributed by atoms with Crippen LogP contribution in [0.2, 0.25) is 0 Å². The fourth-order valence-corrected chi connectivity index (χ4v) is 6.63. The van der Waals surface area contributed by atoms with Crippen molar-refractivity contribution in [2.24, 2.45) is 5.92 Å². The summed E-state index contributed by atoms with van der Waals surface area (Å²) in [6, 6.07) is 3.94. The summed E-state index contributed by atoms with van der Waals surface area (Å²) < 4.78 is 27.9. The molecule has 0 aromatic heterocycles. The zero-order chi connectivity index (χ0) is 22.4. The fraction of sp³-hybridized carbons (Fsp3) is 0.550. The fourth-order valence-electron chi connectivity index (χ4n) is 4.16. The van der Waals surface area contributed by atoms with Crippen LogP contribution in [0, 0.1) is 5.92 Å². The van der Waals surface area contributed by atoms with Crippen molar-refractivity contribution in [2.45, 2.75) is 49.5 Å². The number of hydrogen-bond donors (Lipinski definition) is 2. The summed E-state index contributed by atoms with van der Waals surface area (Å²) in [6.45, 7) is 2.20. The summed E-state index contributed by atoms with van der Waals surface area (Å²) in [4.78, 5) is 38.5. The molecule has 4 rings (SSSR count). The second-order valence-electron chi connectivity index (χ2n) is 8.46. The van der Waals surface area contributed by atoms with Crippen LogP contribution in [0.1, 0.15) is 39.0 Å². The highest BCUT2D eigenvalue weighted by atomic mass is 79.9. The normalized spacial score (nSPS) is 24.9. The maximum Gasteiger partial charge on any atom is 0.325 e. The third kappa shape index (κ3) is 4.22. The van der Waals surface area contributed by atoms with Crippen LogP contribution >= 0.6 is 15.9 Å². The van der Waals surface area contributed by atoms with E-state index in [0.29, 0.717) is 17.6 Å². The predicted molar refractivity (Wildman–Crippen MR) is 117 cm³/mol. The van der Waals surface area contributed by atoms with E-state index < -0.39 is 40.0 Å².